The van der Waals surface area contributed by atoms with Crippen molar-refractivity contribution in [1.82, 2.24) is 4.90 Å². The Morgan fingerprint density at radius 2 is 1.78 bits per heavy atom. The van der Waals surface area contributed by atoms with E-state index in [-0.39, 0.29) is 0 Å². The average molecular weight is 373 g/mol. The lowest BCUT2D eigenvalue weighted by atomic mass is 9.88. The highest BCUT2D eigenvalue weighted by Gasteiger charge is 2.24. The van der Waals surface area contributed by atoms with Crippen LogP contribution in [-0.2, 0) is 4.74 Å². The highest BCUT2D eigenvalue weighted by Crippen LogP contribution is 2.28. The average Bonchev–Trinajstić information content (AvgIpc) is 2.69. The molecule has 2 aliphatic rings. The Kier molecular flexibility index (Phi) is 8.02. The molecule has 3 rings (SSSR count). The first-order chi connectivity index (χ1) is 13.1. The van der Waals surface area contributed by atoms with Gasteiger partial charge in [-0.25, -0.2) is 0 Å². The summed E-state index contributed by atoms with van der Waals surface area (Å²) in [6.07, 6.45) is 8.56. The molecule has 0 spiro atoms. The van der Waals surface area contributed by atoms with Crippen molar-refractivity contribution in [3.05, 3.63) is 30.3 Å². The zero-order valence-corrected chi connectivity index (χ0v) is 17.8. The molecule has 0 radical (unpaired) electrons. The number of benzene rings is 1. The molecule has 2 aliphatic heterocycles. The fourth-order valence-electron chi connectivity index (χ4n) is 4.79. The summed E-state index contributed by atoms with van der Waals surface area (Å²) in [7, 11) is 0. The molecule has 2 saturated heterocycles. The van der Waals surface area contributed by atoms with Gasteiger partial charge in [-0.15, -0.1) is 0 Å². The number of ether oxygens (including phenoxy) is 1. The molecule has 0 N–H and O–H groups in total. The topological polar surface area (TPSA) is 15.7 Å². The number of para-hydroxylation sites is 1. The molecule has 0 aromatic heterocycles. The molecule has 0 saturated carbocycles. The Balaban J connectivity index is 1.30. The van der Waals surface area contributed by atoms with Crippen LogP contribution in [0.5, 0.6) is 0 Å². The second-order valence-electron chi connectivity index (χ2n) is 9.12. The third kappa shape index (κ3) is 6.50. The van der Waals surface area contributed by atoms with E-state index in [4.69, 9.17) is 4.74 Å². The lowest BCUT2D eigenvalue weighted by Crippen LogP contribution is -2.46. The van der Waals surface area contributed by atoms with Crippen molar-refractivity contribution in [1.29, 1.82) is 0 Å². The van der Waals surface area contributed by atoms with Gasteiger partial charge in [0, 0.05) is 37.9 Å². The van der Waals surface area contributed by atoms with Crippen molar-refractivity contribution >= 4 is 5.69 Å². The third-order valence-electron chi connectivity index (χ3n) is 6.61. The van der Waals surface area contributed by atoms with Crippen molar-refractivity contribution in [3.8, 4) is 0 Å². The Morgan fingerprint density at radius 1 is 1.04 bits per heavy atom. The first-order valence-corrected chi connectivity index (χ1v) is 11.3. The van der Waals surface area contributed by atoms with Crippen LogP contribution in [0.3, 0.4) is 0 Å². The molecular weight excluding hydrogens is 332 g/mol. The summed E-state index contributed by atoms with van der Waals surface area (Å²) < 4.78 is 6.03. The predicted octanol–water partition coefficient (Wildman–Crippen LogP) is 5.21. The van der Waals surface area contributed by atoms with Gasteiger partial charge in [0.25, 0.3) is 0 Å². The number of morpholine rings is 1. The molecule has 2 atom stereocenters. The van der Waals surface area contributed by atoms with E-state index in [1.165, 1.54) is 57.3 Å². The van der Waals surface area contributed by atoms with Gasteiger partial charge in [0.15, 0.2) is 0 Å². The van der Waals surface area contributed by atoms with Crippen LogP contribution in [0.15, 0.2) is 30.3 Å². The van der Waals surface area contributed by atoms with E-state index < -0.39 is 0 Å². The maximum absolute atomic E-state index is 6.03. The maximum atomic E-state index is 6.03. The number of anilines is 1. The first kappa shape index (κ1) is 20.7. The van der Waals surface area contributed by atoms with Crippen LogP contribution in [0, 0.1) is 11.8 Å². The molecule has 2 fully saturated rings. The van der Waals surface area contributed by atoms with Crippen LogP contribution in [0.4, 0.5) is 5.69 Å². The van der Waals surface area contributed by atoms with E-state index >= 15 is 0 Å². The highest BCUT2D eigenvalue weighted by molar-refractivity contribution is 5.46. The fourth-order valence-corrected chi connectivity index (χ4v) is 4.79. The molecule has 2 unspecified atom stereocenters. The smallest absolute Gasteiger partial charge is 0.0705 e. The monoisotopic (exact) mass is 372 g/mol. The summed E-state index contributed by atoms with van der Waals surface area (Å²) in [6.45, 7) is 12.6. The van der Waals surface area contributed by atoms with E-state index in [0.29, 0.717) is 12.1 Å². The first-order valence-electron chi connectivity index (χ1n) is 11.3. The summed E-state index contributed by atoms with van der Waals surface area (Å²) in [5.74, 6) is 1.71. The summed E-state index contributed by atoms with van der Waals surface area (Å²) in [6, 6.07) is 11.5. The molecule has 2 heterocycles. The van der Waals surface area contributed by atoms with Crippen LogP contribution in [0.2, 0.25) is 0 Å². The number of piperidine rings is 1. The van der Waals surface area contributed by atoms with Crippen molar-refractivity contribution in [2.75, 3.05) is 37.7 Å². The Morgan fingerprint density at radius 3 is 2.48 bits per heavy atom. The van der Waals surface area contributed by atoms with E-state index in [0.717, 1.165) is 31.5 Å². The third-order valence-corrected chi connectivity index (χ3v) is 6.61. The van der Waals surface area contributed by atoms with Crippen LogP contribution in [0.25, 0.3) is 0 Å². The van der Waals surface area contributed by atoms with Crippen LogP contribution in [-0.4, -0.2) is 49.8 Å². The molecule has 1 aromatic rings. The minimum absolute atomic E-state index is 0.449. The molecule has 1 aromatic carbocycles. The lowest BCUT2D eigenvalue weighted by molar-refractivity contribution is -0.0481. The van der Waals surface area contributed by atoms with Gasteiger partial charge in [0.1, 0.15) is 0 Å². The summed E-state index contributed by atoms with van der Waals surface area (Å²) in [4.78, 5) is 5.13. The lowest BCUT2D eigenvalue weighted by Gasteiger charge is -2.36. The minimum atomic E-state index is 0.449. The van der Waals surface area contributed by atoms with Gasteiger partial charge in [-0.1, -0.05) is 44.4 Å². The number of hydrogen-bond acceptors (Lipinski definition) is 3. The quantitative estimate of drug-likeness (QED) is 0.623. The number of rotatable bonds is 8. The maximum Gasteiger partial charge on any atom is 0.0705 e. The standard InChI is InChI=1S/C24H40N2O/c1-20(2)26-16-17-27-24(19-26)18-21(3)8-7-9-22-12-14-25(15-13-22)23-10-5-4-6-11-23/h4-6,10-11,20-22,24H,7-9,12-19H2,1-3H3. The van der Waals surface area contributed by atoms with Gasteiger partial charge >= 0.3 is 0 Å². The zero-order valence-electron chi connectivity index (χ0n) is 17.8. The number of nitrogens with zero attached hydrogens (tertiary/aromatic N) is 2. The molecule has 0 bridgehead atoms. The fraction of sp³-hybridized carbons (Fsp3) is 0.750. The normalized spacial score (nSPS) is 23.7. The zero-order chi connectivity index (χ0) is 19.1. The van der Waals surface area contributed by atoms with E-state index in [1.807, 2.05) is 0 Å². The molecule has 3 heteroatoms. The molecule has 27 heavy (non-hydrogen) atoms. The minimum Gasteiger partial charge on any atom is -0.376 e. The molecule has 0 aliphatic carbocycles. The van der Waals surface area contributed by atoms with Crippen molar-refractivity contribution in [2.24, 2.45) is 11.8 Å². The Hall–Kier alpha value is -1.06. The van der Waals surface area contributed by atoms with E-state index in [9.17, 15) is 0 Å². The van der Waals surface area contributed by atoms with Gasteiger partial charge in [0.05, 0.1) is 12.7 Å². The van der Waals surface area contributed by atoms with Gasteiger partial charge in [-0.05, 0) is 57.1 Å². The Labute approximate surface area is 167 Å². The van der Waals surface area contributed by atoms with Crippen molar-refractivity contribution < 1.29 is 4.74 Å². The second kappa shape index (κ2) is 10.5. The SMILES string of the molecule is CC(CCCC1CCN(c2ccccc2)CC1)CC1CN(C(C)C)CCO1. The van der Waals surface area contributed by atoms with E-state index in [1.54, 1.807) is 0 Å². The second-order valence-corrected chi connectivity index (χ2v) is 9.12. The molecular formula is C24H40N2O. The van der Waals surface area contributed by atoms with Crippen LogP contribution >= 0.6 is 0 Å². The molecule has 152 valence electrons. The summed E-state index contributed by atoms with van der Waals surface area (Å²) >= 11 is 0. The van der Waals surface area contributed by atoms with E-state index in [2.05, 4.69) is 60.9 Å². The van der Waals surface area contributed by atoms with Crippen LogP contribution in [0.1, 0.15) is 59.3 Å². The van der Waals surface area contributed by atoms with Gasteiger partial charge < -0.3 is 9.64 Å². The molecule has 3 nitrogen and oxygen atoms in total. The number of hydrogen-bond donors (Lipinski definition) is 0. The predicted molar refractivity (Wildman–Crippen MR) is 115 cm³/mol. The summed E-state index contributed by atoms with van der Waals surface area (Å²) in [5, 5.41) is 0. The van der Waals surface area contributed by atoms with Crippen molar-refractivity contribution in [3.63, 3.8) is 0 Å². The van der Waals surface area contributed by atoms with Gasteiger partial charge in [0.2, 0.25) is 0 Å². The summed E-state index contributed by atoms with van der Waals surface area (Å²) in [5.41, 5.74) is 1.40. The highest BCUT2D eigenvalue weighted by atomic mass is 16.5. The van der Waals surface area contributed by atoms with Gasteiger partial charge in [-0.2, -0.15) is 0 Å². The van der Waals surface area contributed by atoms with Crippen molar-refractivity contribution in [2.45, 2.75) is 71.4 Å². The van der Waals surface area contributed by atoms with Crippen LogP contribution < -0.4 is 4.90 Å². The van der Waals surface area contributed by atoms with Gasteiger partial charge in [-0.3, -0.25) is 4.90 Å². The Bertz CT molecular complexity index is 524. The molecule has 0 amide bonds. The largest absolute Gasteiger partial charge is 0.376 e.